The van der Waals surface area contributed by atoms with Crippen molar-refractivity contribution in [1.82, 2.24) is 10.6 Å². The minimum Gasteiger partial charge on any atom is -0.379 e. The van der Waals surface area contributed by atoms with Crippen LogP contribution in [0.3, 0.4) is 0 Å². The number of rotatable bonds is 11. The lowest BCUT2D eigenvalue weighted by atomic mass is 9.96. The number of nitrogens with one attached hydrogen (secondary N) is 2. The molecule has 0 radical (unpaired) electrons. The van der Waals surface area contributed by atoms with Gasteiger partial charge in [-0.1, -0.05) is 44.2 Å². The van der Waals surface area contributed by atoms with E-state index in [1.54, 1.807) is 6.92 Å². The number of hydrogen-bond donors (Lipinski definition) is 4. The molecule has 0 bridgehead atoms. The van der Waals surface area contributed by atoms with E-state index in [0.29, 0.717) is 13.0 Å². The van der Waals surface area contributed by atoms with Gasteiger partial charge in [0.25, 0.3) is 0 Å². The van der Waals surface area contributed by atoms with E-state index in [4.69, 9.17) is 16.2 Å². The highest BCUT2D eigenvalue weighted by Crippen LogP contribution is 2.11. The van der Waals surface area contributed by atoms with Gasteiger partial charge in [-0.3, -0.25) is 9.59 Å². The fraction of sp³-hybridized carbons (Fsp3) is 0.579. The van der Waals surface area contributed by atoms with Crippen LogP contribution in [-0.4, -0.2) is 50.2 Å². The van der Waals surface area contributed by atoms with Gasteiger partial charge in [0.05, 0.1) is 12.0 Å². The summed E-state index contributed by atoms with van der Waals surface area (Å²) in [4.78, 5) is 25.2. The lowest BCUT2D eigenvalue weighted by molar-refractivity contribution is -0.134. The zero-order valence-corrected chi connectivity index (χ0v) is 15.9. The maximum absolute atomic E-state index is 12.7. The molecule has 0 aliphatic rings. The third-order valence-corrected chi connectivity index (χ3v) is 4.34. The quantitative estimate of drug-likeness (QED) is 0.446. The lowest BCUT2D eigenvalue weighted by Gasteiger charge is -2.28. The van der Waals surface area contributed by atoms with E-state index in [9.17, 15) is 9.59 Å². The van der Waals surface area contributed by atoms with Crippen LogP contribution < -0.4 is 22.1 Å². The fourth-order valence-corrected chi connectivity index (χ4v) is 2.77. The van der Waals surface area contributed by atoms with Crippen molar-refractivity contribution in [2.75, 3.05) is 20.2 Å². The summed E-state index contributed by atoms with van der Waals surface area (Å²) < 4.78 is 5.34. The fourth-order valence-electron chi connectivity index (χ4n) is 2.77. The molecule has 146 valence electrons. The highest BCUT2D eigenvalue weighted by Gasteiger charge is 2.31. The van der Waals surface area contributed by atoms with E-state index in [1.807, 2.05) is 37.3 Å². The molecule has 7 nitrogen and oxygen atoms in total. The summed E-state index contributed by atoms with van der Waals surface area (Å²) in [6.07, 6.45) is 0.719. The lowest BCUT2D eigenvalue weighted by Crippen LogP contribution is -2.54. The Hall–Kier alpha value is -1.96. The van der Waals surface area contributed by atoms with Gasteiger partial charge in [0.2, 0.25) is 11.8 Å². The standard InChI is InChI=1S/C19H32N4O3/c1-4-10-22-19(25)16(11-14-8-6-5-7-9-14)23-18(24)13(2)17(26-3)15(21)12-20/h5-9,13,15-17H,4,10-12,20-21H2,1-3H3,(H,22,25)(H,23,24). The van der Waals surface area contributed by atoms with Crippen molar-refractivity contribution in [3.63, 3.8) is 0 Å². The molecule has 0 saturated heterocycles. The Kier molecular flexibility index (Phi) is 9.87. The second kappa shape index (κ2) is 11.6. The van der Waals surface area contributed by atoms with E-state index >= 15 is 0 Å². The Bertz CT molecular complexity index is 553. The number of ether oxygens (including phenoxy) is 1. The first-order valence-corrected chi connectivity index (χ1v) is 9.05. The summed E-state index contributed by atoms with van der Waals surface area (Å²) in [6.45, 7) is 4.47. The van der Waals surface area contributed by atoms with Crippen molar-refractivity contribution in [3.8, 4) is 0 Å². The van der Waals surface area contributed by atoms with E-state index in [-0.39, 0.29) is 18.4 Å². The minimum absolute atomic E-state index is 0.201. The van der Waals surface area contributed by atoms with Crippen LogP contribution in [0, 0.1) is 5.92 Å². The molecular weight excluding hydrogens is 332 g/mol. The Morgan fingerprint density at radius 2 is 1.85 bits per heavy atom. The van der Waals surface area contributed by atoms with Crippen molar-refractivity contribution in [1.29, 1.82) is 0 Å². The van der Waals surface area contributed by atoms with Gasteiger partial charge >= 0.3 is 0 Å². The maximum atomic E-state index is 12.7. The van der Waals surface area contributed by atoms with Crippen molar-refractivity contribution < 1.29 is 14.3 Å². The molecule has 0 aromatic heterocycles. The number of hydrogen-bond acceptors (Lipinski definition) is 5. The molecule has 4 unspecified atom stereocenters. The number of carbonyl (C=O) groups excluding carboxylic acids is 2. The van der Waals surface area contributed by atoms with Crippen molar-refractivity contribution in [2.24, 2.45) is 17.4 Å². The summed E-state index contributed by atoms with van der Waals surface area (Å²) in [6, 6.07) is 8.46. The van der Waals surface area contributed by atoms with E-state index in [0.717, 1.165) is 12.0 Å². The second-order valence-corrected chi connectivity index (χ2v) is 6.43. The Morgan fingerprint density at radius 1 is 1.19 bits per heavy atom. The minimum atomic E-state index is -0.662. The monoisotopic (exact) mass is 364 g/mol. The highest BCUT2D eigenvalue weighted by molar-refractivity contribution is 5.88. The van der Waals surface area contributed by atoms with Gasteiger partial charge in [-0.05, 0) is 12.0 Å². The smallest absolute Gasteiger partial charge is 0.242 e. The molecule has 0 aliphatic carbocycles. The van der Waals surface area contributed by atoms with Gasteiger partial charge in [-0.2, -0.15) is 0 Å². The molecule has 0 saturated carbocycles. The van der Waals surface area contributed by atoms with Crippen LogP contribution in [0.1, 0.15) is 25.8 Å². The van der Waals surface area contributed by atoms with E-state index in [2.05, 4.69) is 10.6 Å². The average Bonchev–Trinajstić information content (AvgIpc) is 2.66. The molecule has 7 heteroatoms. The highest BCUT2D eigenvalue weighted by atomic mass is 16.5. The molecule has 4 atom stereocenters. The van der Waals surface area contributed by atoms with Crippen LogP contribution in [0.15, 0.2) is 30.3 Å². The van der Waals surface area contributed by atoms with Gasteiger partial charge in [0, 0.05) is 32.7 Å². The summed E-state index contributed by atoms with van der Waals surface area (Å²) >= 11 is 0. The summed E-state index contributed by atoms with van der Waals surface area (Å²) in [7, 11) is 1.50. The van der Waals surface area contributed by atoms with Gasteiger partial charge in [-0.15, -0.1) is 0 Å². The van der Waals surface area contributed by atoms with E-state index < -0.39 is 24.1 Å². The molecule has 0 spiro atoms. The van der Waals surface area contributed by atoms with Gasteiger partial charge in [-0.25, -0.2) is 0 Å². The second-order valence-electron chi connectivity index (χ2n) is 6.43. The molecule has 0 aliphatic heterocycles. The predicted molar refractivity (Wildman–Crippen MR) is 102 cm³/mol. The van der Waals surface area contributed by atoms with Crippen LogP contribution >= 0.6 is 0 Å². The third kappa shape index (κ3) is 6.74. The molecule has 1 rings (SSSR count). The number of amides is 2. The topological polar surface area (TPSA) is 119 Å². The molecule has 0 fully saturated rings. The van der Waals surface area contributed by atoms with Crippen LogP contribution in [0.5, 0.6) is 0 Å². The largest absolute Gasteiger partial charge is 0.379 e. The summed E-state index contributed by atoms with van der Waals surface area (Å²) in [5, 5.41) is 5.68. The summed E-state index contributed by atoms with van der Waals surface area (Å²) in [5.74, 6) is -1.02. The van der Waals surface area contributed by atoms with Gasteiger partial charge in [0.15, 0.2) is 0 Å². The SMILES string of the molecule is CCCNC(=O)C(Cc1ccccc1)NC(=O)C(C)C(OC)C(N)CN. The Balaban J connectivity index is 2.85. The Morgan fingerprint density at radius 3 is 2.38 bits per heavy atom. The maximum Gasteiger partial charge on any atom is 0.242 e. The van der Waals surface area contributed by atoms with Crippen LogP contribution in [-0.2, 0) is 20.7 Å². The third-order valence-electron chi connectivity index (χ3n) is 4.34. The average molecular weight is 364 g/mol. The van der Waals surface area contributed by atoms with Crippen molar-refractivity contribution in [2.45, 2.75) is 44.9 Å². The number of benzene rings is 1. The number of methoxy groups -OCH3 is 1. The van der Waals surface area contributed by atoms with Crippen molar-refractivity contribution >= 4 is 11.8 Å². The zero-order chi connectivity index (χ0) is 19.5. The molecule has 0 heterocycles. The van der Waals surface area contributed by atoms with Gasteiger partial charge in [0.1, 0.15) is 6.04 Å². The first-order valence-electron chi connectivity index (χ1n) is 9.05. The molecule has 6 N–H and O–H groups in total. The van der Waals surface area contributed by atoms with Crippen molar-refractivity contribution in [3.05, 3.63) is 35.9 Å². The molecule has 1 aromatic carbocycles. The van der Waals surface area contributed by atoms with Gasteiger partial charge < -0.3 is 26.8 Å². The summed E-state index contributed by atoms with van der Waals surface area (Å²) in [5.41, 5.74) is 12.5. The normalized spacial score (nSPS) is 15.6. The van der Waals surface area contributed by atoms with Crippen LogP contribution in [0.25, 0.3) is 0 Å². The van der Waals surface area contributed by atoms with Crippen LogP contribution in [0.4, 0.5) is 0 Å². The first kappa shape index (κ1) is 22.1. The zero-order valence-electron chi connectivity index (χ0n) is 15.9. The molecule has 2 amide bonds. The molecular formula is C19H32N4O3. The first-order chi connectivity index (χ1) is 12.4. The predicted octanol–water partition coefficient (Wildman–Crippen LogP) is 0.177. The van der Waals surface area contributed by atoms with E-state index in [1.165, 1.54) is 7.11 Å². The molecule has 1 aromatic rings. The Labute approximate surface area is 155 Å². The van der Waals surface area contributed by atoms with Crippen LogP contribution in [0.2, 0.25) is 0 Å². The number of nitrogens with two attached hydrogens (primary N) is 2. The molecule has 26 heavy (non-hydrogen) atoms. The number of carbonyl (C=O) groups is 2.